The predicted octanol–water partition coefficient (Wildman–Crippen LogP) is 1.45. The fraction of sp³-hybridized carbons (Fsp3) is 0.500. The van der Waals surface area contributed by atoms with Gasteiger partial charge in [-0.15, -0.1) is 0 Å². The summed E-state index contributed by atoms with van der Waals surface area (Å²) in [4.78, 5) is 14.5. The highest BCUT2D eigenvalue weighted by Crippen LogP contribution is 2.11. The number of rotatable bonds is 2. The summed E-state index contributed by atoms with van der Waals surface area (Å²) < 4.78 is 27.8. The van der Waals surface area contributed by atoms with Crippen LogP contribution in [0.2, 0.25) is 0 Å². The summed E-state index contributed by atoms with van der Waals surface area (Å²) in [5.41, 5.74) is 6.14. The molecule has 1 fully saturated rings. The topological polar surface area (TPSA) is 77.2 Å². The zero-order valence-electron chi connectivity index (χ0n) is 10.6. The molecule has 0 bridgehead atoms. The zero-order valence-corrected chi connectivity index (χ0v) is 10.6. The van der Waals surface area contributed by atoms with Gasteiger partial charge < -0.3 is 15.8 Å². The molecule has 106 valence electrons. The van der Waals surface area contributed by atoms with Gasteiger partial charge in [-0.25, -0.2) is 18.6 Å². The van der Waals surface area contributed by atoms with E-state index in [1.807, 2.05) is 0 Å². The van der Waals surface area contributed by atoms with Crippen LogP contribution in [0.4, 0.5) is 14.5 Å². The summed E-state index contributed by atoms with van der Waals surface area (Å²) in [6.45, 7) is 0.759. The van der Waals surface area contributed by atoms with E-state index in [1.165, 1.54) is 19.4 Å². The van der Waals surface area contributed by atoms with E-state index in [0.717, 1.165) is 13.0 Å². The molecule has 0 amide bonds. The first-order chi connectivity index (χ1) is 9.04. The maximum atomic E-state index is 11.7. The van der Waals surface area contributed by atoms with Gasteiger partial charge in [0.1, 0.15) is 5.69 Å². The summed E-state index contributed by atoms with van der Waals surface area (Å²) >= 11 is 0. The molecule has 19 heavy (non-hydrogen) atoms. The van der Waals surface area contributed by atoms with Gasteiger partial charge in [-0.1, -0.05) is 0 Å². The summed E-state index contributed by atoms with van der Waals surface area (Å²) in [7, 11) is 1.31. The molecule has 3 N–H and O–H groups in total. The lowest BCUT2D eigenvalue weighted by molar-refractivity contribution is 0.0594. The van der Waals surface area contributed by atoms with Crippen LogP contribution in [0.3, 0.4) is 0 Å². The van der Waals surface area contributed by atoms with Gasteiger partial charge in [0.15, 0.2) is 0 Å². The van der Waals surface area contributed by atoms with Gasteiger partial charge in [0.25, 0.3) is 6.43 Å². The number of pyridine rings is 1. The molecule has 7 heteroatoms. The van der Waals surface area contributed by atoms with Crippen molar-refractivity contribution >= 4 is 11.7 Å². The minimum absolute atomic E-state index is 0.265. The Morgan fingerprint density at radius 2 is 2.32 bits per heavy atom. The smallest absolute Gasteiger partial charge is 0.356 e. The van der Waals surface area contributed by atoms with Crippen LogP contribution in [0.25, 0.3) is 0 Å². The van der Waals surface area contributed by atoms with Crippen LogP contribution in [0, 0.1) is 0 Å². The van der Waals surface area contributed by atoms with Crippen LogP contribution in [-0.2, 0) is 4.74 Å². The third-order valence-electron chi connectivity index (χ3n) is 2.58. The largest absolute Gasteiger partial charge is 0.464 e. The van der Waals surface area contributed by atoms with Gasteiger partial charge in [-0.05, 0) is 31.5 Å². The van der Waals surface area contributed by atoms with E-state index in [4.69, 9.17) is 5.73 Å². The molecular formula is C12H17F2N3O2. The molecule has 2 heterocycles. The first kappa shape index (κ1) is 15.3. The van der Waals surface area contributed by atoms with Crippen LogP contribution in [0.5, 0.6) is 0 Å². The van der Waals surface area contributed by atoms with Gasteiger partial charge >= 0.3 is 5.97 Å². The lowest BCUT2D eigenvalue weighted by Crippen LogP contribution is -2.28. The minimum atomic E-state index is -2.17. The number of nitrogens with two attached hydrogens (primary N) is 1. The maximum absolute atomic E-state index is 11.7. The highest BCUT2D eigenvalue weighted by atomic mass is 19.3. The highest BCUT2D eigenvalue weighted by molar-refractivity contribution is 5.87. The van der Waals surface area contributed by atoms with Crippen LogP contribution in [0.1, 0.15) is 23.3 Å². The molecule has 2 rings (SSSR count). The number of methoxy groups -OCH3 is 1. The maximum Gasteiger partial charge on any atom is 0.356 e. The number of nitrogen functional groups attached to an aromatic ring is 1. The lowest BCUT2D eigenvalue weighted by atomic mass is 10.2. The number of esters is 1. The van der Waals surface area contributed by atoms with Crippen molar-refractivity contribution in [3.63, 3.8) is 0 Å². The Morgan fingerprint density at radius 1 is 1.58 bits per heavy atom. The van der Waals surface area contributed by atoms with E-state index in [9.17, 15) is 13.6 Å². The van der Waals surface area contributed by atoms with Gasteiger partial charge in [0, 0.05) is 0 Å². The standard InChI is InChI=1S/C7H8N2O2.C5H9F2N/c1-11-7(10)6-3-2-5(8)4-9-6;6-5(7)4-2-1-3-8-4/h2-4H,8H2,1H3;4-5,8H,1-3H2. The number of ether oxygens (including phenoxy) is 1. The number of anilines is 1. The van der Waals surface area contributed by atoms with E-state index in [0.29, 0.717) is 12.1 Å². The minimum Gasteiger partial charge on any atom is -0.464 e. The fourth-order valence-corrected chi connectivity index (χ4v) is 1.56. The average Bonchev–Trinajstić information content (AvgIpc) is 2.93. The Hall–Kier alpha value is -1.76. The number of nitrogens with one attached hydrogen (secondary N) is 1. The third-order valence-corrected chi connectivity index (χ3v) is 2.58. The van der Waals surface area contributed by atoms with Gasteiger partial charge in [-0.3, -0.25) is 0 Å². The monoisotopic (exact) mass is 273 g/mol. The zero-order chi connectivity index (χ0) is 14.3. The first-order valence-electron chi connectivity index (χ1n) is 5.86. The molecule has 1 aromatic rings. The SMILES string of the molecule is COC(=O)c1ccc(N)cn1.FC(F)C1CCCN1. The Balaban J connectivity index is 0.000000200. The number of alkyl halides is 2. The normalized spacial score (nSPS) is 17.8. The van der Waals surface area contributed by atoms with Crippen molar-refractivity contribution in [3.05, 3.63) is 24.0 Å². The van der Waals surface area contributed by atoms with Crippen molar-refractivity contribution in [2.75, 3.05) is 19.4 Å². The Bertz CT molecular complexity index is 392. The highest BCUT2D eigenvalue weighted by Gasteiger charge is 2.22. The number of carbonyl (C=O) groups is 1. The Labute approximate surface area is 110 Å². The number of hydrogen-bond acceptors (Lipinski definition) is 5. The number of carbonyl (C=O) groups excluding carboxylic acids is 1. The van der Waals surface area contributed by atoms with E-state index in [1.54, 1.807) is 6.07 Å². The molecule has 0 spiro atoms. The lowest BCUT2D eigenvalue weighted by Gasteiger charge is -2.05. The van der Waals surface area contributed by atoms with Gasteiger partial charge in [0.05, 0.1) is 25.0 Å². The summed E-state index contributed by atoms with van der Waals surface area (Å²) in [5.74, 6) is -0.454. The Kier molecular flexibility index (Phi) is 6.14. The van der Waals surface area contributed by atoms with E-state index in [-0.39, 0.29) is 5.69 Å². The molecule has 0 aliphatic carbocycles. The molecule has 1 saturated heterocycles. The van der Waals surface area contributed by atoms with Crippen LogP contribution in [0.15, 0.2) is 18.3 Å². The molecule has 0 radical (unpaired) electrons. The predicted molar refractivity (Wildman–Crippen MR) is 67.0 cm³/mol. The van der Waals surface area contributed by atoms with Crippen LogP contribution < -0.4 is 11.1 Å². The molecule has 0 aromatic carbocycles. The van der Waals surface area contributed by atoms with Gasteiger partial charge in [-0.2, -0.15) is 0 Å². The molecule has 1 aromatic heterocycles. The molecule has 1 atom stereocenters. The summed E-state index contributed by atoms with van der Waals surface area (Å²) in [5, 5.41) is 2.71. The molecule has 1 aliphatic rings. The first-order valence-corrected chi connectivity index (χ1v) is 5.86. The second-order valence-corrected chi connectivity index (χ2v) is 4.01. The van der Waals surface area contributed by atoms with Crippen molar-refractivity contribution in [2.45, 2.75) is 25.3 Å². The van der Waals surface area contributed by atoms with Crippen molar-refractivity contribution in [1.29, 1.82) is 0 Å². The fourth-order valence-electron chi connectivity index (χ4n) is 1.56. The number of nitrogens with zero attached hydrogens (tertiary/aromatic N) is 1. The molecule has 1 aliphatic heterocycles. The molecular weight excluding hydrogens is 256 g/mol. The summed E-state index contributed by atoms with van der Waals surface area (Å²) in [6, 6.07) is 2.59. The molecule has 0 saturated carbocycles. The van der Waals surface area contributed by atoms with Gasteiger partial charge in [0.2, 0.25) is 0 Å². The number of hydrogen-bond donors (Lipinski definition) is 2. The van der Waals surface area contributed by atoms with E-state index in [2.05, 4.69) is 15.0 Å². The van der Waals surface area contributed by atoms with Crippen LogP contribution >= 0.6 is 0 Å². The van der Waals surface area contributed by atoms with E-state index >= 15 is 0 Å². The number of halogens is 2. The quantitative estimate of drug-likeness (QED) is 0.798. The molecule has 1 unspecified atom stereocenters. The third kappa shape index (κ3) is 5.17. The van der Waals surface area contributed by atoms with Crippen molar-refractivity contribution < 1.29 is 18.3 Å². The Morgan fingerprint density at radius 3 is 2.68 bits per heavy atom. The molecule has 5 nitrogen and oxygen atoms in total. The second-order valence-electron chi connectivity index (χ2n) is 4.01. The van der Waals surface area contributed by atoms with E-state index < -0.39 is 18.4 Å². The average molecular weight is 273 g/mol. The van der Waals surface area contributed by atoms with Crippen molar-refractivity contribution in [1.82, 2.24) is 10.3 Å². The number of aromatic nitrogens is 1. The van der Waals surface area contributed by atoms with Crippen molar-refractivity contribution in [2.24, 2.45) is 0 Å². The summed E-state index contributed by atoms with van der Waals surface area (Å²) in [6.07, 6.45) is 0.774. The second kappa shape index (κ2) is 7.63. The van der Waals surface area contributed by atoms with Crippen molar-refractivity contribution in [3.8, 4) is 0 Å². The van der Waals surface area contributed by atoms with Crippen LogP contribution in [-0.4, -0.2) is 37.1 Å².